The van der Waals surface area contributed by atoms with Gasteiger partial charge >= 0.3 is 12.1 Å². The predicted octanol–water partition coefficient (Wildman–Crippen LogP) is 7.32. The number of urea groups is 1. The molecule has 33 heteroatoms. The van der Waals surface area contributed by atoms with E-state index in [1.165, 1.54) is 5.56 Å². The number of nitrogens with one attached hydrogen (secondary N) is 9. The number of aromatic hydroxyl groups is 1. The Morgan fingerprint density at radius 2 is 1.21 bits per heavy atom. The molecule has 5 aliphatic rings. The lowest BCUT2D eigenvalue weighted by Gasteiger charge is -2.56. The predicted molar refractivity (Wildman–Crippen MR) is 432 cm³/mol. The van der Waals surface area contributed by atoms with Crippen LogP contribution in [0.15, 0.2) is 60.7 Å². The summed E-state index contributed by atoms with van der Waals surface area (Å²) in [6.45, 7) is 15.0. The van der Waals surface area contributed by atoms with E-state index < -0.39 is 92.1 Å². The van der Waals surface area contributed by atoms with Crippen LogP contribution >= 0.6 is 0 Å². The molecule has 2 saturated carbocycles. The molecule has 640 valence electrons. The number of phenols is 1. The summed E-state index contributed by atoms with van der Waals surface area (Å²) >= 11 is 0. The molecule has 10 atom stereocenters. The van der Waals surface area contributed by atoms with Crippen molar-refractivity contribution in [1.82, 2.24) is 52.2 Å². The number of hydrogen-bond acceptors (Lipinski definition) is 21. The van der Waals surface area contributed by atoms with Crippen molar-refractivity contribution in [2.45, 2.75) is 225 Å². The number of rotatable bonds is 43. The Labute approximate surface area is 680 Å². The van der Waals surface area contributed by atoms with E-state index >= 15 is 0 Å². The highest BCUT2D eigenvalue weighted by Crippen LogP contribution is 2.60. The summed E-state index contributed by atoms with van der Waals surface area (Å²) in [7, 11) is -2.49. The number of unbranched alkanes of at least 4 members (excludes halogenated alkanes) is 1. The molecule has 3 aromatic carbocycles. The number of nitrogens with two attached hydrogens (primary N) is 1. The van der Waals surface area contributed by atoms with Crippen LogP contribution in [0.4, 0.5) is 21.0 Å². The minimum atomic E-state index is -4.14. The molecule has 0 radical (unpaired) electrons. The number of nitrogens with zero attached hydrogens (tertiary/aromatic N) is 3. The molecule has 1 heterocycles. The summed E-state index contributed by atoms with van der Waals surface area (Å²) in [6.07, 6.45) is 12.9. The van der Waals surface area contributed by atoms with Crippen molar-refractivity contribution in [2.75, 3.05) is 103 Å². The topological polar surface area (TPSA) is 449 Å². The third kappa shape index (κ3) is 25.2. The van der Waals surface area contributed by atoms with Gasteiger partial charge in [0.05, 0.1) is 87.7 Å². The average molecular weight is 1640 g/mol. The Balaban J connectivity index is 0.673. The molecule has 1 aromatic heterocycles. The molecule has 0 bridgehead atoms. The summed E-state index contributed by atoms with van der Waals surface area (Å²) in [5, 5.41) is 44.8. The lowest BCUT2D eigenvalue weighted by Crippen LogP contribution is -2.60. The Morgan fingerprint density at radius 3 is 1.84 bits per heavy atom. The highest BCUT2D eigenvalue weighted by atomic mass is 32.2. The highest BCUT2D eigenvalue weighted by Gasteiger charge is 2.59. The average Bonchev–Trinajstić information content (AvgIpc) is 0.773. The van der Waals surface area contributed by atoms with Crippen molar-refractivity contribution in [2.24, 2.45) is 34.3 Å². The number of aryl methyl sites for hydroxylation is 2. The number of carbonyl (C=O) groups excluding carboxylic acids is 9. The smallest absolute Gasteiger partial charge is 0.411 e. The first-order chi connectivity index (χ1) is 55.4. The fraction of sp³-hybridized carbons (Fsp3) is 0.651. The first-order valence-electron chi connectivity index (χ1n) is 41.2. The fourth-order valence-corrected chi connectivity index (χ4v) is 18.3. The number of anilines is 2. The van der Waals surface area contributed by atoms with Crippen LogP contribution in [0.3, 0.4) is 0 Å². The Bertz CT molecular complexity index is 4130. The second kappa shape index (κ2) is 43.1. The highest BCUT2D eigenvalue weighted by molar-refractivity contribution is 7.85. The number of imide groups is 1. The molecule has 13 N–H and O–H groups in total. The third-order valence-electron chi connectivity index (χ3n) is 24.2. The lowest BCUT2D eigenvalue weighted by atomic mass is 9.49. The first-order valence-corrected chi connectivity index (χ1v) is 42.9. The van der Waals surface area contributed by atoms with Crippen molar-refractivity contribution < 1.29 is 89.6 Å². The molecule has 0 spiro atoms. The maximum atomic E-state index is 14.8. The van der Waals surface area contributed by atoms with Crippen molar-refractivity contribution in [1.29, 1.82) is 0 Å². The van der Waals surface area contributed by atoms with Gasteiger partial charge in [0.15, 0.2) is 0 Å². The van der Waals surface area contributed by atoms with Crippen LogP contribution in [0.5, 0.6) is 5.75 Å². The number of fused-ring (bicyclic) bond motifs is 7. The number of primary amides is 1. The van der Waals surface area contributed by atoms with Crippen molar-refractivity contribution in [3.63, 3.8) is 0 Å². The molecular weight excluding hydrogens is 1520 g/mol. The van der Waals surface area contributed by atoms with E-state index in [4.69, 9.17) is 38.7 Å². The van der Waals surface area contributed by atoms with Gasteiger partial charge in [-0.05, 0) is 203 Å². The van der Waals surface area contributed by atoms with Crippen LogP contribution < -0.4 is 53.6 Å². The zero-order valence-corrected chi connectivity index (χ0v) is 69.2. The number of carbonyl (C=O) groups is 9. The number of amides is 10. The van der Waals surface area contributed by atoms with Crippen molar-refractivity contribution >= 4 is 75.0 Å². The number of benzene rings is 3. The van der Waals surface area contributed by atoms with E-state index in [-0.39, 0.29) is 105 Å². The van der Waals surface area contributed by atoms with E-state index in [0.717, 1.165) is 99.4 Å². The molecule has 0 aliphatic heterocycles. The monoisotopic (exact) mass is 1640 g/mol. The van der Waals surface area contributed by atoms with Gasteiger partial charge in [-0.2, -0.15) is 8.42 Å². The van der Waals surface area contributed by atoms with E-state index in [1.54, 1.807) is 51.2 Å². The van der Waals surface area contributed by atoms with Gasteiger partial charge < -0.3 is 76.5 Å². The van der Waals surface area contributed by atoms with E-state index in [9.17, 15) is 56.7 Å². The first kappa shape index (κ1) is 91.2. The van der Waals surface area contributed by atoms with Crippen LogP contribution in [0, 0.1) is 28.6 Å². The summed E-state index contributed by atoms with van der Waals surface area (Å²) in [5.41, 5.74) is 10.7. The molecule has 9 rings (SSSR count). The van der Waals surface area contributed by atoms with Crippen LogP contribution in [0.2, 0.25) is 0 Å². The molecule has 32 nitrogen and oxygen atoms in total. The van der Waals surface area contributed by atoms with Crippen molar-refractivity contribution in [3.05, 3.63) is 99.9 Å². The number of phenolic OH excluding ortho intramolecular Hbond substituents is 1. The number of likely N-dealkylation sites (N-methyl/N-ethyl adjacent to an activating group) is 1. The van der Waals surface area contributed by atoms with Crippen LogP contribution in [-0.4, -0.2) is 197 Å². The molecule has 1 unspecified atom stereocenters. The fourth-order valence-electron chi connectivity index (χ4n) is 17.9. The Morgan fingerprint density at radius 1 is 0.612 bits per heavy atom. The van der Waals surface area contributed by atoms with E-state index in [0.29, 0.717) is 114 Å². The number of hydrogen-bond donors (Lipinski definition) is 12. The van der Waals surface area contributed by atoms with Gasteiger partial charge in [0.2, 0.25) is 41.4 Å². The molecule has 10 amide bonds. The van der Waals surface area contributed by atoms with Gasteiger partial charge in [-0.25, -0.2) is 14.3 Å². The zero-order valence-electron chi connectivity index (χ0n) is 68.4. The summed E-state index contributed by atoms with van der Waals surface area (Å²) in [6, 6.07) is 14.6. The molecule has 2 fully saturated rings. The zero-order chi connectivity index (χ0) is 83.6. The van der Waals surface area contributed by atoms with E-state index in [2.05, 4.69) is 72.0 Å². The second-order valence-corrected chi connectivity index (χ2v) is 34.3. The molecular formula is C83H123N13O19S. The maximum absolute atomic E-state index is 14.8. The molecule has 116 heavy (non-hydrogen) atoms. The van der Waals surface area contributed by atoms with Crippen LogP contribution in [0.25, 0.3) is 0 Å². The molecule has 0 saturated heterocycles. The molecule has 5 aliphatic carbocycles. The standard InChI is InChI=1S/C83H123N13O19S/c1-54(2)71(92-73(100)63(85-7)16-11-12-37-86-70(99)53-114-66-19-10-8-9-18-65-72(66)94-95-96(65)40-42-111-44-46-113-48-47-112-45-43-110-41-32-69(98)87-39-49-116(107,108)109)75(102)91-64(17-13-38-88-78(84)105)74(101)89-58-26-20-55(21-27-58)52-115-79(106)90-59-28-22-56-24-30-67-80(3,61(56)50-59)33-14-35-82(67,5)76(103)93-77(104)83(6)36-15-34-81(4)62-51-60(97)29-23-57(62)25-31-68(81)83/h20-23,26-29,50-51,54,63-64,66-68,71,85,97H,8-19,24-25,30-49,52-53H2,1-7H3,(H,86,99)(H,87,98)(H,89,101)(H,90,106)(H,91,102)(H,92,100)(H3,84,88,105)(H,93,103,104)(H,107,108,109)/t63-,64+,66?,67-,68-,71+,80-,81-,82+,83+/m1/s1. The van der Waals surface area contributed by atoms with Gasteiger partial charge in [-0.3, -0.25) is 48.7 Å². The Kier molecular flexibility index (Phi) is 33.9. The maximum Gasteiger partial charge on any atom is 0.411 e. The van der Waals surface area contributed by atoms with Gasteiger partial charge in [0.1, 0.15) is 42.8 Å². The second-order valence-electron chi connectivity index (χ2n) is 32.7. The van der Waals surface area contributed by atoms with Crippen LogP contribution in [0.1, 0.15) is 202 Å². The normalized spacial score (nSPS) is 22.3. The van der Waals surface area contributed by atoms with Gasteiger partial charge in [-0.15, -0.1) is 5.10 Å². The summed E-state index contributed by atoms with van der Waals surface area (Å²) < 4.78 is 66.2. The van der Waals surface area contributed by atoms with Gasteiger partial charge in [0.25, 0.3) is 10.1 Å². The lowest BCUT2D eigenvalue weighted by molar-refractivity contribution is -0.150. The van der Waals surface area contributed by atoms with Gasteiger partial charge in [-0.1, -0.05) is 96.7 Å². The minimum Gasteiger partial charge on any atom is -0.508 e. The third-order valence-corrected chi connectivity index (χ3v) is 25.0. The Hall–Kier alpha value is -8.70. The summed E-state index contributed by atoms with van der Waals surface area (Å²) in [5.74, 6) is -3.53. The number of ether oxygens (including phenoxy) is 6. The molecule has 4 aromatic rings. The van der Waals surface area contributed by atoms with Crippen molar-refractivity contribution in [3.8, 4) is 5.75 Å². The number of aromatic nitrogens is 3. The minimum absolute atomic E-state index is 0.000725. The quantitative estimate of drug-likeness (QED) is 0.0117. The summed E-state index contributed by atoms with van der Waals surface area (Å²) in [4.78, 5) is 121. The van der Waals surface area contributed by atoms with Crippen LogP contribution in [-0.2, 0) is 115 Å². The largest absolute Gasteiger partial charge is 0.508 e. The SMILES string of the molecule is CN[C@H](CCCCNC(=O)COC1CCCCCc2c1nnn2CCOCCOCCOCCOCCC(=O)NCCS(=O)(=O)O)C(=O)N[C@H](C(=O)N[C@@H](CCCNC(N)=O)C(=O)Nc1ccc(COC(=O)Nc2ccc3c(c2)[C@@]2(C)CCC[C@](C)(C(=O)NC(=O)[C@@]4(C)CCC[C@]5(C)c6cc(O)ccc6CC[C@@H]45)[C@@H]2CC3)cc1)C(C)C. The van der Waals surface area contributed by atoms with E-state index in [1.807, 2.05) is 48.9 Å². The van der Waals surface area contributed by atoms with Gasteiger partial charge in [0, 0.05) is 37.4 Å².